The van der Waals surface area contributed by atoms with E-state index in [-0.39, 0.29) is 5.56 Å². The Hall–Kier alpha value is -2.68. The molecule has 2 aliphatic heterocycles. The van der Waals surface area contributed by atoms with Crippen molar-refractivity contribution in [1.29, 1.82) is 0 Å². The molecule has 0 fully saturated rings. The molecule has 0 unspecified atom stereocenters. The molecule has 0 radical (unpaired) electrons. The Balaban J connectivity index is 1.47. The molecule has 1 aromatic heterocycles. The lowest BCUT2D eigenvalue weighted by atomic mass is 10.1. The first-order valence-electron chi connectivity index (χ1n) is 8.18. The molecule has 9 heteroatoms. The number of hydrogen-bond donors (Lipinski definition) is 0. The third kappa shape index (κ3) is 3.23. The summed E-state index contributed by atoms with van der Waals surface area (Å²) in [6, 6.07) is 4.87. The van der Waals surface area contributed by atoms with E-state index in [0.717, 1.165) is 28.6 Å². The molecule has 0 N–H and O–H groups in total. The van der Waals surface area contributed by atoms with Gasteiger partial charge in [-0.05, 0) is 23.3 Å². The topological polar surface area (TPSA) is 53.5 Å². The van der Waals surface area contributed by atoms with Gasteiger partial charge in [0, 0.05) is 26.2 Å². The predicted octanol–water partition coefficient (Wildman–Crippen LogP) is 3.25. The van der Waals surface area contributed by atoms with E-state index in [1.165, 1.54) is 40.6 Å². The number of amides is 1. The minimum atomic E-state index is -4.57. The number of carbonyl (C=O) groups excluding carboxylic acids is 2. The van der Waals surface area contributed by atoms with Crippen LogP contribution >= 0.6 is 11.3 Å². The van der Waals surface area contributed by atoms with Crippen molar-refractivity contribution in [3.05, 3.63) is 57.6 Å². The molecule has 3 heterocycles. The summed E-state index contributed by atoms with van der Waals surface area (Å²) in [5.74, 6) is -0.610. The number of thiazole rings is 1. The van der Waals surface area contributed by atoms with Gasteiger partial charge in [0.25, 0.3) is 5.91 Å². The Kier molecular flexibility index (Phi) is 4.26. The molecule has 0 saturated heterocycles. The SMILES string of the molecule is O=Cc1cnc(N2CC3=C(CN(C(=O)c4ccccc4C(F)(F)F)C3)C2)s1. The summed E-state index contributed by atoms with van der Waals surface area (Å²) in [4.78, 5) is 31.7. The molecule has 0 aliphatic carbocycles. The highest BCUT2D eigenvalue weighted by atomic mass is 32.1. The van der Waals surface area contributed by atoms with Crippen LogP contribution in [0.3, 0.4) is 0 Å². The second kappa shape index (κ2) is 6.49. The smallest absolute Gasteiger partial charge is 0.340 e. The summed E-state index contributed by atoms with van der Waals surface area (Å²) < 4.78 is 39.5. The highest BCUT2D eigenvalue weighted by Gasteiger charge is 2.38. The number of alkyl halides is 3. The van der Waals surface area contributed by atoms with Crippen LogP contribution in [0.2, 0.25) is 0 Å². The second-order valence-electron chi connectivity index (χ2n) is 6.43. The lowest BCUT2D eigenvalue weighted by Crippen LogP contribution is -2.35. The van der Waals surface area contributed by atoms with Gasteiger partial charge in [-0.25, -0.2) is 4.98 Å². The van der Waals surface area contributed by atoms with Crippen LogP contribution in [0.15, 0.2) is 41.6 Å². The second-order valence-corrected chi connectivity index (χ2v) is 7.47. The zero-order valence-electron chi connectivity index (χ0n) is 14.0. The Morgan fingerprint density at radius 3 is 2.37 bits per heavy atom. The van der Waals surface area contributed by atoms with Crippen molar-refractivity contribution < 1.29 is 22.8 Å². The number of halogens is 3. The van der Waals surface area contributed by atoms with Crippen LogP contribution in [0.5, 0.6) is 0 Å². The highest BCUT2D eigenvalue weighted by Crippen LogP contribution is 2.35. The molecular formula is C18H14F3N3O2S. The van der Waals surface area contributed by atoms with Gasteiger partial charge in [-0.1, -0.05) is 23.5 Å². The number of benzene rings is 1. The van der Waals surface area contributed by atoms with Crippen molar-refractivity contribution in [3.8, 4) is 0 Å². The molecule has 0 saturated carbocycles. The number of hydrogen-bond acceptors (Lipinski definition) is 5. The molecule has 0 bridgehead atoms. The number of rotatable bonds is 3. The molecule has 1 amide bonds. The van der Waals surface area contributed by atoms with E-state index in [9.17, 15) is 22.8 Å². The Morgan fingerprint density at radius 2 is 1.78 bits per heavy atom. The summed E-state index contributed by atoms with van der Waals surface area (Å²) in [5, 5.41) is 0.729. The number of anilines is 1. The van der Waals surface area contributed by atoms with E-state index in [0.29, 0.717) is 31.1 Å². The summed E-state index contributed by atoms with van der Waals surface area (Å²) in [5.41, 5.74) is 0.817. The first kappa shape index (κ1) is 17.7. The van der Waals surface area contributed by atoms with Gasteiger partial charge in [0.2, 0.25) is 0 Å². The summed E-state index contributed by atoms with van der Waals surface area (Å²) in [6.07, 6.45) is -2.31. The minimum Gasteiger partial charge on any atom is -0.340 e. The van der Waals surface area contributed by atoms with E-state index in [4.69, 9.17) is 0 Å². The van der Waals surface area contributed by atoms with Crippen LogP contribution in [0, 0.1) is 0 Å². The maximum Gasteiger partial charge on any atom is 0.417 e. The van der Waals surface area contributed by atoms with Crippen LogP contribution in [0.1, 0.15) is 25.6 Å². The molecule has 140 valence electrons. The fourth-order valence-corrected chi connectivity index (χ4v) is 4.15. The molecule has 0 spiro atoms. The van der Waals surface area contributed by atoms with Gasteiger partial charge in [0.15, 0.2) is 11.4 Å². The summed E-state index contributed by atoms with van der Waals surface area (Å²) >= 11 is 1.29. The van der Waals surface area contributed by atoms with Gasteiger partial charge in [-0.15, -0.1) is 0 Å². The fraction of sp³-hybridized carbons (Fsp3) is 0.278. The van der Waals surface area contributed by atoms with Gasteiger partial charge in [-0.2, -0.15) is 13.2 Å². The van der Waals surface area contributed by atoms with Gasteiger partial charge in [0.05, 0.1) is 22.2 Å². The third-order valence-electron chi connectivity index (χ3n) is 4.68. The number of nitrogens with zero attached hydrogens (tertiary/aromatic N) is 3. The van der Waals surface area contributed by atoms with Gasteiger partial charge in [-0.3, -0.25) is 9.59 Å². The third-order valence-corrected chi connectivity index (χ3v) is 5.66. The largest absolute Gasteiger partial charge is 0.417 e. The molecule has 1 aromatic carbocycles. The predicted molar refractivity (Wildman–Crippen MR) is 94.1 cm³/mol. The summed E-state index contributed by atoms with van der Waals surface area (Å²) in [6.45, 7) is 1.74. The lowest BCUT2D eigenvalue weighted by Gasteiger charge is -2.23. The van der Waals surface area contributed by atoms with Crippen molar-refractivity contribution in [1.82, 2.24) is 9.88 Å². The quantitative estimate of drug-likeness (QED) is 0.594. The van der Waals surface area contributed by atoms with Gasteiger partial charge >= 0.3 is 6.18 Å². The van der Waals surface area contributed by atoms with Gasteiger partial charge in [0.1, 0.15) is 0 Å². The monoisotopic (exact) mass is 393 g/mol. The molecule has 2 aliphatic rings. The average molecular weight is 393 g/mol. The molecular weight excluding hydrogens is 379 g/mol. The standard InChI is InChI=1S/C18H14F3N3O2S/c19-18(20,21)15-4-2-1-3-14(15)16(26)23-6-11-8-24(9-12(11)7-23)17-22-5-13(10-25)27-17/h1-5,10H,6-9H2. The van der Waals surface area contributed by atoms with Crippen molar-refractivity contribution in [3.63, 3.8) is 0 Å². The maximum absolute atomic E-state index is 13.2. The maximum atomic E-state index is 13.2. The van der Waals surface area contributed by atoms with Crippen molar-refractivity contribution >= 4 is 28.7 Å². The van der Waals surface area contributed by atoms with E-state index in [2.05, 4.69) is 4.98 Å². The average Bonchev–Trinajstić information content (AvgIpc) is 3.34. The van der Waals surface area contributed by atoms with Crippen molar-refractivity contribution in [2.24, 2.45) is 0 Å². The van der Waals surface area contributed by atoms with E-state index in [1.807, 2.05) is 4.90 Å². The Labute approximate surface area is 156 Å². The number of aromatic nitrogens is 1. The first-order chi connectivity index (χ1) is 12.9. The van der Waals surface area contributed by atoms with E-state index in [1.54, 1.807) is 0 Å². The van der Waals surface area contributed by atoms with Gasteiger partial charge < -0.3 is 9.80 Å². The van der Waals surface area contributed by atoms with Crippen LogP contribution in [0.25, 0.3) is 0 Å². The van der Waals surface area contributed by atoms with Crippen LogP contribution in [-0.2, 0) is 6.18 Å². The normalized spacial score (nSPS) is 16.9. The van der Waals surface area contributed by atoms with Crippen LogP contribution in [-0.4, -0.2) is 48.3 Å². The van der Waals surface area contributed by atoms with Crippen LogP contribution in [0.4, 0.5) is 18.3 Å². The van der Waals surface area contributed by atoms with E-state index < -0.39 is 17.6 Å². The first-order valence-corrected chi connectivity index (χ1v) is 8.99. The molecule has 5 nitrogen and oxygen atoms in total. The molecule has 0 atom stereocenters. The zero-order valence-corrected chi connectivity index (χ0v) is 14.8. The number of aldehydes is 1. The molecule has 27 heavy (non-hydrogen) atoms. The fourth-order valence-electron chi connectivity index (χ4n) is 3.42. The minimum absolute atomic E-state index is 0.308. The van der Waals surface area contributed by atoms with Crippen LogP contribution < -0.4 is 4.90 Å². The Morgan fingerprint density at radius 1 is 1.11 bits per heavy atom. The summed E-state index contributed by atoms with van der Waals surface area (Å²) in [7, 11) is 0. The van der Waals surface area contributed by atoms with Crippen molar-refractivity contribution in [2.45, 2.75) is 6.18 Å². The number of carbonyl (C=O) groups is 2. The Bertz CT molecular complexity index is 933. The molecule has 4 rings (SSSR count). The molecule has 2 aromatic rings. The lowest BCUT2D eigenvalue weighted by molar-refractivity contribution is -0.138. The van der Waals surface area contributed by atoms with E-state index >= 15 is 0 Å². The highest BCUT2D eigenvalue weighted by molar-refractivity contribution is 7.17. The zero-order chi connectivity index (χ0) is 19.2. The van der Waals surface area contributed by atoms with Crippen molar-refractivity contribution in [2.75, 3.05) is 31.1 Å².